The minimum Gasteiger partial charge on any atom is -0.508 e. The molecule has 204 valence electrons. The minimum atomic E-state index is -0.647. The molecule has 3 fully saturated rings. The highest BCUT2D eigenvalue weighted by molar-refractivity contribution is 6.06. The van der Waals surface area contributed by atoms with Gasteiger partial charge in [-0.1, -0.05) is 51.2 Å². The number of carbonyl (C=O) groups excluding carboxylic acids is 2. The number of hydrogen-bond acceptors (Lipinski definition) is 5. The van der Waals surface area contributed by atoms with Crippen molar-refractivity contribution >= 4 is 17.5 Å². The molecular formula is C34H38O5. The second kappa shape index (κ2) is 9.53. The van der Waals surface area contributed by atoms with Crippen LogP contribution in [-0.2, 0) is 19.1 Å². The van der Waals surface area contributed by atoms with Gasteiger partial charge in [0.15, 0.2) is 0 Å². The van der Waals surface area contributed by atoms with E-state index in [0.29, 0.717) is 5.57 Å². The Hall–Kier alpha value is -3.08. The first kappa shape index (κ1) is 24.9. The molecule has 8 rings (SSSR count). The number of cyclic esters (lactones) is 2. The van der Waals surface area contributed by atoms with Gasteiger partial charge in [-0.25, -0.2) is 9.59 Å². The zero-order valence-corrected chi connectivity index (χ0v) is 22.8. The maximum Gasteiger partial charge on any atom is 0.340 e. The van der Waals surface area contributed by atoms with E-state index in [1.54, 1.807) is 12.1 Å². The second-order valence-corrected chi connectivity index (χ2v) is 12.5. The Morgan fingerprint density at radius 2 is 1.85 bits per heavy atom. The fourth-order valence-corrected chi connectivity index (χ4v) is 8.98. The Bertz CT molecular complexity index is 1350. The lowest BCUT2D eigenvalue weighted by Gasteiger charge is -2.56. The molecule has 1 aromatic rings. The molecule has 0 amide bonds. The van der Waals surface area contributed by atoms with Crippen LogP contribution in [0.5, 0.6) is 5.75 Å². The number of benzene rings is 1. The number of aromatic hydroxyl groups is 1. The van der Waals surface area contributed by atoms with Gasteiger partial charge >= 0.3 is 11.9 Å². The highest BCUT2D eigenvalue weighted by Crippen LogP contribution is 2.71. The van der Waals surface area contributed by atoms with E-state index in [1.165, 1.54) is 25.7 Å². The molecule has 2 aliphatic heterocycles. The Labute approximate surface area is 230 Å². The van der Waals surface area contributed by atoms with E-state index in [0.717, 1.165) is 91.1 Å². The molecule has 2 bridgehead atoms. The van der Waals surface area contributed by atoms with E-state index in [-0.39, 0.29) is 35.4 Å². The van der Waals surface area contributed by atoms with E-state index in [1.807, 2.05) is 12.1 Å². The smallest absolute Gasteiger partial charge is 0.340 e. The van der Waals surface area contributed by atoms with Crippen LogP contribution in [0.15, 0.2) is 64.7 Å². The zero-order chi connectivity index (χ0) is 26.7. The topological polar surface area (TPSA) is 72.8 Å². The van der Waals surface area contributed by atoms with Crippen LogP contribution in [0.25, 0.3) is 5.57 Å². The summed E-state index contributed by atoms with van der Waals surface area (Å²) in [6.45, 7) is 2.12. The monoisotopic (exact) mass is 526 g/mol. The van der Waals surface area contributed by atoms with Gasteiger partial charge in [0.25, 0.3) is 0 Å². The number of hydrogen-bond donors (Lipinski definition) is 1. The van der Waals surface area contributed by atoms with Crippen molar-refractivity contribution in [3.05, 3.63) is 70.2 Å². The van der Waals surface area contributed by atoms with Crippen molar-refractivity contribution < 1.29 is 24.2 Å². The summed E-state index contributed by atoms with van der Waals surface area (Å²) < 4.78 is 12.1. The molecule has 1 N–H and O–H groups in total. The van der Waals surface area contributed by atoms with Crippen molar-refractivity contribution in [3.8, 4) is 5.75 Å². The SMILES string of the molecule is CCC/C=C1\OC(=O)C2=C(c3cccc(O)c3)[C@@H]3CC[C@@]21[C@H]1C2=C(CC[C@@H]31)C(=CCCC1CCCC1)OC2=O. The number of fused-ring (bicyclic) bond motifs is 1. The lowest BCUT2D eigenvalue weighted by atomic mass is 9.44. The zero-order valence-electron chi connectivity index (χ0n) is 22.8. The van der Waals surface area contributed by atoms with Crippen LogP contribution in [-0.4, -0.2) is 17.0 Å². The molecule has 7 aliphatic rings. The van der Waals surface area contributed by atoms with Crippen LogP contribution in [0.3, 0.4) is 0 Å². The molecule has 1 saturated heterocycles. The third kappa shape index (κ3) is 3.72. The van der Waals surface area contributed by atoms with Crippen LogP contribution < -0.4 is 0 Å². The Morgan fingerprint density at radius 3 is 2.64 bits per heavy atom. The standard InChI is InChI=1S/C34H38O5/c1-2-3-14-27-34-18-17-23(28(31(34)33(37)39-27)21-11-7-12-22(35)19-21)24-15-16-25-26(38-32(36)29(25)30(24)34)13-6-10-20-8-4-5-9-20/h7,11-14,19-20,23-24,30,35H,2-6,8-10,15-18H2,1H3/b26-13?,27-14-/t23-,24+,30-,34-/m1/s1. The third-order valence-electron chi connectivity index (χ3n) is 10.5. The normalized spacial score (nSPS) is 33.6. The Balaban J connectivity index is 1.36. The van der Waals surface area contributed by atoms with Gasteiger partial charge in [0, 0.05) is 17.1 Å². The van der Waals surface area contributed by atoms with Crippen molar-refractivity contribution in [2.75, 3.05) is 0 Å². The first-order valence-corrected chi connectivity index (χ1v) is 15.2. The van der Waals surface area contributed by atoms with E-state index in [2.05, 4.69) is 19.1 Å². The van der Waals surface area contributed by atoms with Gasteiger partial charge in [-0.15, -0.1) is 0 Å². The molecule has 0 unspecified atom stereocenters. The lowest BCUT2D eigenvalue weighted by Crippen LogP contribution is -2.52. The summed E-state index contributed by atoms with van der Waals surface area (Å²) in [5, 5.41) is 10.3. The third-order valence-corrected chi connectivity index (χ3v) is 10.5. The highest BCUT2D eigenvalue weighted by Gasteiger charge is 2.68. The molecule has 5 nitrogen and oxygen atoms in total. The molecule has 0 aromatic heterocycles. The summed E-state index contributed by atoms with van der Waals surface area (Å²) in [5.41, 5.74) is 3.86. The van der Waals surface area contributed by atoms with Gasteiger partial charge in [0.1, 0.15) is 17.3 Å². The molecule has 2 heterocycles. The minimum absolute atomic E-state index is 0.112. The number of phenols is 1. The molecule has 0 radical (unpaired) electrons. The maximum absolute atomic E-state index is 13.7. The van der Waals surface area contributed by atoms with Gasteiger partial charge in [-0.05, 0) is 98.1 Å². The Morgan fingerprint density at radius 1 is 1.00 bits per heavy atom. The largest absolute Gasteiger partial charge is 0.508 e. The number of rotatable bonds is 6. The van der Waals surface area contributed by atoms with Crippen LogP contribution in [0.1, 0.15) is 89.5 Å². The van der Waals surface area contributed by atoms with Crippen molar-refractivity contribution in [1.29, 1.82) is 0 Å². The van der Waals surface area contributed by atoms with Crippen LogP contribution in [0, 0.1) is 29.1 Å². The van der Waals surface area contributed by atoms with Crippen LogP contribution in [0.2, 0.25) is 0 Å². The number of ether oxygens (including phenoxy) is 2. The number of unbranched alkanes of at least 4 members (excludes halogenated alkanes) is 1. The average molecular weight is 527 g/mol. The predicted octanol–water partition coefficient (Wildman–Crippen LogP) is 7.53. The highest BCUT2D eigenvalue weighted by atomic mass is 16.5. The summed E-state index contributed by atoms with van der Waals surface area (Å²) >= 11 is 0. The van der Waals surface area contributed by atoms with Gasteiger partial charge < -0.3 is 14.6 Å². The summed E-state index contributed by atoms with van der Waals surface area (Å²) in [7, 11) is 0. The number of carbonyl (C=O) groups is 2. The molecule has 4 atom stereocenters. The van der Waals surface area contributed by atoms with Crippen molar-refractivity contribution in [2.45, 2.75) is 84.0 Å². The second-order valence-electron chi connectivity index (χ2n) is 12.5. The van der Waals surface area contributed by atoms with Gasteiger partial charge in [0.05, 0.1) is 11.0 Å². The fourth-order valence-electron chi connectivity index (χ4n) is 8.98. The van der Waals surface area contributed by atoms with Gasteiger partial charge in [-0.3, -0.25) is 0 Å². The predicted molar refractivity (Wildman–Crippen MR) is 148 cm³/mol. The van der Waals surface area contributed by atoms with E-state index in [4.69, 9.17) is 9.47 Å². The van der Waals surface area contributed by atoms with Crippen molar-refractivity contribution in [3.63, 3.8) is 0 Å². The fraction of sp³-hybridized carbons (Fsp3) is 0.529. The van der Waals surface area contributed by atoms with Crippen LogP contribution in [0.4, 0.5) is 0 Å². The summed E-state index contributed by atoms with van der Waals surface area (Å²) in [6, 6.07) is 7.28. The Kier molecular flexibility index (Phi) is 6.09. The van der Waals surface area contributed by atoms with Gasteiger partial charge in [0.2, 0.25) is 0 Å². The van der Waals surface area contributed by atoms with Crippen molar-refractivity contribution in [1.82, 2.24) is 0 Å². The lowest BCUT2D eigenvalue weighted by molar-refractivity contribution is -0.135. The van der Waals surface area contributed by atoms with E-state index >= 15 is 0 Å². The van der Waals surface area contributed by atoms with Crippen LogP contribution >= 0.6 is 0 Å². The summed E-state index contributed by atoms with van der Waals surface area (Å²) in [4.78, 5) is 27.3. The molecule has 5 heteroatoms. The number of esters is 2. The van der Waals surface area contributed by atoms with E-state index in [9.17, 15) is 14.7 Å². The van der Waals surface area contributed by atoms with Crippen molar-refractivity contribution in [2.24, 2.45) is 29.1 Å². The molecule has 2 saturated carbocycles. The first-order chi connectivity index (χ1) is 19.0. The van der Waals surface area contributed by atoms with E-state index < -0.39 is 5.41 Å². The number of allylic oxidation sites excluding steroid dienone is 5. The molecular weight excluding hydrogens is 488 g/mol. The molecule has 5 aliphatic carbocycles. The quantitative estimate of drug-likeness (QED) is 0.388. The average Bonchev–Trinajstić information content (AvgIpc) is 3.65. The summed E-state index contributed by atoms with van der Waals surface area (Å²) in [5.74, 6) is 2.24. The maximum atomic E-state index is 13.7. The molecule has 39 heavy (non-hydrogen) atoms. The molecule has 1 spiro atoms. The molecule has 1 aromatic carbocycles. The number of phenolic OH excluding ortho intramolecular Hbond substituents is 1. The first-order valence-electron chi connectivity index (χ1n) is 15.2. The summed E-state index contributed by atoms with van der Waals surface area (Å²) in [6.07, 6.45) is 17.0. The van der Waals surface area contributed by atoms with Gasteiger partial charge in [-0.2, -0.15) is 0 Å².